The average molecular weight is 258 g/mol. The molecule has 0 saturated carbocycles. The molecular formula is C13H26N2OS. The van der Waals surface area contributed by atoms with Crippen molar-refractivity contribution in [3.8, 4) is 0 Å². The molecule has 0 aromatic carbocycles. The number of rotatable bonds is 5. The predicted octanol–water partition coefficient (Wildman–Crippen LogP) is 2.19. The van der Waals surface area contributed by atoms with E-state index in [-0.39, 0.29) is 5.41 Å². The second-order valence-corrected chi connectivity index (χ2v) is 6.14. The van der Waals surface area contributed by atoms with Gasteiger partial charge in [0, 0.05) is 18.0 Å². The summed E-state index contributed by atoms with van der Waals surface area (Å²) in [5.41, 5.74) is 5.72. The van der Waals surface area contributed by atoms with Crippen molar-refractivity contribution in [2.75, 3.05) is 19.7 Å². The van der Waals surface area contributed by atoms with E-state index in [0.717, 1.165) is 32.5 Å². The maximum atomic E-state index is 5.77. The molecule has 2 N–H and O–H groups in total. The van der Waals surface area contributed by atoms with Crippen LogP contribution in [0.1, 0.15) is 40.5 Å². The van der Waals surface area contributed by atoms with E-state index in [1.807, 2.05) is 0 Å². The molecule has 4 heteroatoms. The molecule has 0 radical (unpaired) electrons. The fraction of sp³-hybridized carbons (Fsp3) is 0.923. The molecule has 1 rings (SSSR count). The van der Waals surface area contributed by atoms with Gasteiger partial charge >= 0.3 is 0 Å². The van der Waals surface area contributed by atoms with Gasteiger partial charge in [-0.15, -0.1) is 0 Å². The third-order valence-corrected chi connectivity index (χ3v) is 4.30. The first-order chi connectivity index (χ1) is 7.86. The van der Waals surface area contributed by atoms with E-state index in [4.69, 9.17) is 22.7 Å². The number of hydrogen-bond acceptors (Lipinski definition) is 3. The largest absolute Gasteiger partial charge is 0.393 e. The lowest BCUT2D eigenvalue weighted by molar-refractivity contribution is -0.0575. The zero-order valence-electron chi connectivity index (χ0n) is 11.5. The van der Waals surface area contributed by atoms with Crippen LogP contribution in [0, 0.1) is 5.41 Å². The van der Waals surface area contributed by atoms with Crippen LogP contribution in [0.4, 0.5) is 0 Å². The highest BCUT2D eigenvalue weighted by Crippen LogP contribution is 2.23. The number of hydrogen-bond donors (Lipinski definition) is 1. The van der Waals surface area contributed by atoms with Gasteiger partial charge in [0.05, 0.1) is 17.7 Å². The molecule has 0 amide bonds. The second-order valence-electron chi connectivity index (χ2n) is 5.70. The summed E-state index contributed by atoms with van der Waals surface area (Å²) >= 11 is 5.11. The lowest BCUT2D eigenvalue weighted by Crippen LogP contribution is -2.49. The Hall–Kier alpha value is -0.190. The smallest absolute Gasteiger partial charge is 0.0784 e. The summed E-state index contributed by atoms with van der Waals surface area (Å²) in [6.07, 6.45) is 2.50. The van der Waals surface area contributed by atoms with Crippen LogP contribution < -0.4 is 5.73 Å². The van der Waals surface area contributed by atoms with Crippen molar-refractivity contribution >= 4 is 17.2 Å². The normalized spacial score (nSPS) is 27.1. The van der Waals surface area contributed by atoms with Crippen LogP contribution in [0.15, 0.2) is 0 Å². The summed E-state index contributed by atoms with van der Waals surface area (Å²) in [6.45, 7) is 11.5. The molecule has 1 saturated heterocycles. The van der Waals surface area contributed by atoms with Gasteiger partial charge in [-0.2, -0.15) is 0 Å². The van der Waals surface area contributed by atoms with Crippen LogP contribution in [-0.4, -0.2) is 41.7 Å². The molecule has 1 fully saturated rings. The van der Waals surface area contributed by atoms with E-state index >= 15 is 0 Å². The molecule has 0 bridgehead atoms. The zero-order chi connectivity index (χ0) is 13.1. The van der Waals surface area contributed by atoms with Gasteiger partial charge in [-0.3, -0.25) is 4.90 Å². The number of thiocarbonyl (C=S) groups is 1. The van der Waals surface area contributed by atoms with E-state index in [2.05, 4.69) is 32.6 Å². The summed E-state index contributed by atoms with van der Waals surface area (Å²) in [4.78, 5) is 3.14. The Morgan fingerprint density at radius 3 is 2.71 bits per heavy atom. The lowest BCUT2D eigenvalue weighted by atomic mass is 9.89. The molecule has 0 aliphatic carbocycles. The molecule has 17 heavy (non-hydrogen) atoms. The van der Waals surface area contributed by atoms with E-state index in [0.29, 0.717) is 17.1 Å². The van der Waals surface area contributed by atoms with E-state index in [9.17, 15) is 0 Å². The Balaban J connectivity index is 2.51. The number of morpholine rings is 1. The topological polar surface area (TPSA) is 38.5 Å². The minimum absolute atomic E-state index is 0.0465. The number of nitrogens with zero attached hydrogens (tertiary/aromatic N) is 1. The van der Waals surface area contributed by atoms with Crippen LogP contribution >= 0.6 is 12.2 Å². The summed E-state index contributed by atoms with van der Waals surface area (Å²) in [6, 6.07) is 0.549. The third-order valence-electron chi connectivity index (χ3n) is 3.74. The highest BCUT2D eigenvalue weighted by Gasteiger charge is 2.28. The molecule has 1 aliphatic rings. The molecule has 3 nitrogen and oxygen atoms in total. The summed E-state index contributed by atoms with van der Waals surface area (Å²) in [5, 5.41) is 0. The van der Waals surface area contributed by atoms with Crippen LogP contribution in [0.5, 0.6) is 0 Å². The van der Waals surface area contributed by atoms with Gasteiger partial charge in [0.1, 0.15) is 0 Å². The fourth-order valence-corrected chi connectivity index (χ4v) is 2.21. The maximum Gasteiger partial charge on any atom is 0.0784 e. The Morgan fingerprint density at radius 2 is 2.18 bits per heavy atom. The standard InChI is InChI=1S/C13H26N2OS/c1-5-11-9-16-10(2)8-15(11)7-6-13(3,4)12(14)17/h10-11H,5-9H2,1-4H3,(H2,14,17). The molecule has 0 aromatic heterocycles. The quantitative estimate of drug-likeness (QED) is 0.767. The highest BCUT2D eigenvalue weighted by molar-refractivity contribution is 7.80. The molecule has 1 aliphatic heterocycles. The highest BCUT2D eigenvalue weighted by atomic mass is 32.1. The van der Waals surface area contributed by atoms with Gasteiger partial charge in [-0.1, -0.05) is 33.0 Å². The summed E-state index contributed by atoms with van der Waals surface area (Å²) in [5.74, 6) is 0. The van der Waals surface area contributed by atoms with Crippen LogP contribution in [0.2, 0.25) is 0 Å². The molecule has 0 aromatic rings. The van der Waals surface area contributed by atoms with Crippen LogP contribution in [-0.2, 0) is 4.74 Å². The van der Waals surface area contributed by atoms with E-state index in [1.165, 1.54) is 0 Å². The molecule has 1 heterocycles. The predicted molar refractivity (Wildman–Crippen MR) is 76.2 cm³/mol. The van der Waals surface area contributed by atoms with Crippen LogP contribution in [0.3, 0.4) is 0 Å². The SMILES string of the molecule is CCC1COC(C)CN1CCC(C)(C)C(N)=S. The Bertz CT molecular complexity index is 268. The van der Waals surface area contributed by atoms with Gasteiger partial charge < -0.3 is 10.5 Å². The monoisotopic (exact) mass is 258 g/mol. The van der Waals surface area contributed by atoms with Crippen molar-refractivity contribution in [3.05, 3.63) is 0 Å². The Morgan fingerprint density at radius 1 is 1.53 bits per heavy atom. The average Bonchev–Trinajstić information content (AvgIpc) is 2.26. The van der Waals surface area contributed by atoms with Crippen molar-refractivity contribution in [1.29, 1.82) is 0 Å². The van der Waals surface area contributed by atoms with Gasteiger partial charge in [-0.05, 0) is 26.3 Å². The van der Waals surface area contributed by atoms with E-state index < -0.39 is 0 Å². The first-order valence-electron chi connectivity index (χ1n) is 6.52. The second kappa shape index (κ2) is 6.12. The summed E-state index contributed by atoms with van der Waals surface area (Å²) < 4.78 is 5.70. The van der Waals surface area contributed by atoms with E-state index in [1.54, 1.807) is 0 Å². The van der Waals surface area contributed by atoms with Crippen molar-refractivity contribution < 1.29 is 4.74 Å². The molecule has 0 spiro atoms. The first-order valence-corrected chi connectivity index (χ1v) is 6.93. The van der Waals surface area contributed by atoms with Crippen molar-refractivity contribution in [2.24, 2.45) is 11.1 Å². The molecule has 100 valence electrons. The molecule has 2 atom stereocenters. The van der Waals surface area contributed by atoms with Crippen molar-refractivity contribution in [1.82, 2.24) is 4.90 Å². The lowest BCUT2D eigenvalue weighted by Gasteiger charge is -2.39. The van der Waals surface area contributed by atoms with Gasteiger partial charge in [0.25, 0.3) is 0 Å². The fourth-order valence-electron chi connectivity index (χ4n) is 2.11. The zero-order valence-corrected chi connectivity index (χ0v) is 12.3. The van der Waals surface area contributed by atoms with Gasteiger partial charge in [-0.25, -0.2) is 0 Å². The Labute approximate surface area is 111 Å². The first kappa shape index (κ1) is 14.9. The molecule has 2 unspecified atom stereocenters. The molecular weight excluding hydrogens is 232 g/mol. The van der Waals surface area contributed by atoms with Crippen LogP contribution in [0.25, 0.3) is 0 Å². The van der Waals surface area contributed by atoms with Crippen molar-refractivity contribution in [2.45, 2.75) is 52.7 Å². The van der Waals surface area contributed by atoms with Gasteiger partial charge in [0.2, 0.25) is 0 Å². The maximum absolute atomic E-state index is 5.77. The van der Waals surface area contributed by atoms with Gasteiger partial charge in [0.15, 0.2) is 0 Å². The third kappa shape index (κ3) is 4.19. The number of ether oxygens (including phenoxy) is 1. The van der Waals surface area contributed by atoms with Crippen molar-refractivity contribution in [3.63, 3.8) is 0 Å². The minimum Gasteiger partial charge on any atom is -0.393 e. The number of nitrogens with two attached hydrogens (primary N) is 1. The summed E-state index contributed by atoms with van der Waals surface area (Å²) in [7, 11) is 0. The minimum atomic E-state index is -0.0465. The Kier molecular flexibility index (Phi) is 5.35.